The second-order valence-corrected chi connectivity index (χ2v) is 8.07. The summed E-state index contributed by atoms with van der Waals surface area (Å²) in [6.07, 6.45) is -3.36. The number of nitrogens with zero attached hydrogens (tertiary/aromatic N) is 3. The van der Waals surface area contributed by atoms with Gasteiger partial charge in [-0.05, 0) is 50.0 Å². The van der Waals surface area contributed by atoms with Gasteiger partial charge in [0.05, 0.1) is 18.8 Å². The Labute approximate surface area is 172 Å². The molecule has 154 valence electrons. The average Bonchev–Trinajstić information content (AvgIpc) is 3.14. The molecule has 1 aromatic heterocycles. The first-order chi connectivity index (χ1) is 13.2. The van der Waals surface area contributed by atoms with Gasteiger partial charge in [0.1, 0.15) is 5.15 Å². The summed E-state index contributed by atoms with van der Waals surface area (Å²) in [6.45, 7) is 3.78. The molecule has 0 aliphatic carbocycles. The first-order valence-electron chi connectivity index (χ1n) is 9.17. The number of alkyl halides is 3. The number of hydrogen-bond donors (Lipinski definition) is 1. The van der Waals surface area contributed by atoms with Crippen LogP contribution in [-0.2, 0) is 13.1 Å². The van der Waals surface area contributed by atoms with E-state index in [1.165, 1.54) is 4.90 Å². The molecule has 1 saturated heterocycles. The SMILES string of the molecule is Cc1nn(Cc2ccc(Cl)cc2)c(Cl)c1CNCC1CCN(CC(F)(F)F)C1. The van der Waals surface area contributed by atoms with Crippen molar-refractivity contribution < 1.29 is 13.2 Å². The second kappa shape index (κ2) is 9.03. The molecule has 3 rings (SSSR count). The van der Waals surface area contributed by atoms with Crippen LogP contribution in [0.15, 0.2) is 24.3 Å². The van der Waals surface area contributed by atoms with Crippen LogP contribution in [0.5, 0.6) is 0 Å². The molecule has 1 aliphatic rings. The molecule has 4 nitrogen and oxygen atoms in total. The number of hydrogen-bond acceptors (Lipinski definition) is 3. The Balaban J connectivity index is 1.51. The Bertz CT molecular complexity index is 790. The fourth-order valence-electron chi connectivity index (χ4n) is 3.54. The van der Waals surface area contributed by atoms with E-state index < -0.39 is 12.7 Å². The molecule has 9 heteroatoms. The Hall–Kier alpha value is -1.28. The number of aromatic nitrogens is 2. The fraction of sp³-hybridized carbons (Fsp3) is 0.526. The summed E-state index contributed by atoms with van der Waals surface area (Å²) in [6, 6.07) is 7.52. The Morgan fingerprint density at radius 3 is 2.61 bits per heavy atom. The highest BCUT2D eigenvalue weighted by atomic mass is 35.5. The van der Waals surface area contributed by atoms with Crippen molar-refractivity contribution in [1.29, 1.82) is 0 Å². The predicted molar refractivity (Wildman–Crippen MR) is 105 cm³/mol. The third-order valence-electron chi connectivity index (χ3n) is 4.94. The lowest BCUT2D eigenvalue weighted by Gasteiger charge is -2.18. The monoisotopic (exact) mass is 434 g/mol. The molecule has 2 heterocycles. The van der Waals surface area contributed by atoms with E-state index in [0.717, 1.165) is 23.2 Å². The van der Waals surface area contributed by atoms with Gasteiger partial charge in [-0.1, -0.05) is 35.3 Å². The van der Waals surface area contributed by atoms with Gasteiger partial charge < -0.3 is 5.32 Å². The Morgan fingerprint density at radius 1 is 1.21 bits per heavy atom. The highest BCUT2D eigenvalue weighted by Crippen LogP contribution is 2.24. The summed E-state index contributed by atoms with van der Waals surface area (Å²) in [5.74, 6) is 0.213. The Kier molecular flexibility index (Phi) is 6.91. The minimum atomic E-state index is -4.13. The molecule has 0 radical (unpaired) electrons. The molecule has 0 spiro atoms. The van der Waals surface area contributed by atoms with E-state index in [9.17, 15) is 13.2 Å². The number of aryl methyl sites for hydroxylation is 1. The van der Waals surface area contributed by atoms with Crippen LogP contribution in [0.4, 0.5) is 13.2 Å². The summed E-state index contributed by atoms with van der Waals surface area (Å²) in [7, 11) is 0. The molecule has 28 heavy (non-hydrogen) atoms. The van der Waals surface area contributed by atoms with Crippen molar-refractivity contribution in [3.8, 4) is 0 Å². The van der Waals surface area contributed by atoms with Gasteiger partial charge in [0, 0.05) is 23.7 Å². The highest BCUT2D eigenvalue weighted by molar-refractivity contribution is 6.30. The molecule has 1 N–H and O–H groups in total. The largest absolute Gasteiger partial charge is 0.401 e. The van der Waals surface area contributed by atoms with E-state index in [1.54, 1.807) is 4.68 Å². The van der Waals surface area contributed by atoms with Gasteiger partial charge in [-0.2, -0.15) is 18.3 Å². The molecule has 1 aliphatic heterocycles. The number of benzene rings is 1. The van der Waals surface area contributed by atoms with Crippen LogP contribution in [0.2, 0.25) is 10.2 Å². The van der Waals surface area contributed by atoms with Gasteiger partial charge in [-0.25, -0.2) is 4.68 Å². The summed E-state index contributed by atoms with van der Waals surface area (Å²) in [5.41, 5.74) is 2.81. The molecule has 0 amide bonds. The maximum absolute atomic E-state index is 12.5. The normalized spacial score (nSPS) is 18.1. The van der Waals surface area contributed by atoms with Crippen LogP contribution in [0, 0.1) is 12.8 Å². The van der Waals surface area contributed by atoms with Gasteiger partial charge in [0.2, 0.25) is 0 Å². The topological polar surface area (TPSA) is 33.1 Å². The molecule has 2 aromatic rings. The van der Waals surface area contributed by atoms with Crippen LogP contribution in [-0.4, -0.2) is 47.0 Å². The lowest BCUT2D eigenvalue weighted by Crippen LogP contribution is -2.33. The first-order valence-corrected chi connectivity index (χ1v) is 9.93. The molecule has 1 atom stereocenters. The van der Waals surface area contributed by atoms with E-state index in [1.807, 2.05) is 31.2 Å². The van der Waals surface area contributed by atoms with Crippen LogP contribution in [0.25, 0.3) is 0 Å². The number of rotatable bonds is 7. The van der Waals surface area contributed by atoms with Crippen molar-refractivity contribution >= 4 is 23.2 Å². The first kappa shape index (κ1) is 21.4. The number of halogens is 5. The standard InChI is InChI=1S/C19H23Cl2F3N4/c1-13-17(9-25-8-15-6-7-27(10-15)12-19(22,23)24)18(21)28(26-13)11-14-2-4-16(20)5-3-14/h2-5,15,25H,6-12H2,1H3. The van der Waals surface area contributed by atoms with E-state index in [2.05, 4.69) is 10.4 Å². The molecule has 1 unspecified atom stereocenters. The minimum absolute atomic E-state index is 0.213. The smallest absolute Gasteiger partial charge is 0.312 e. The molecule has 0 saturated carbocycles. The van der Waals surface area contributed by atoms with Crippen molar-refractivity contribution in [2.24, 2.45) is 5.92 Å². The van der Waals surface area contributed by atoms with E-state index >= 15 is 0 Å². The quantitative estimate of drug-likeness (QED) is 0.695. The zero-order valence-corrected chi connectivity index (χ0v) is 17.1. The van der Waals surface area contributed by atoms with Crippen LogP contribution in [0.1, 0.15) is 23.2 Å². The predicted octanol–water partition coefficient (Wildman–Crippen LogP) is 4.52. The lowest BCUT2D eigenvalue weighted by atomic mass is 10.1. The van der Waals surface area contributed by atoms with Crippen LogP contribution in [0.3, 0.4) is 0 Å². The summed E-state index contributed by atoms with van der Waals surface area (Å²) in [4.78, 5) is 1.47. The minimum Gasteiger partial charge on any atom is -0.312 e. The fourth-order valence-corrected chi connectivity index (χ4v) is 3.96. The van der Waals surface area contributed by atoms with Crippen molar-refractivity contribution in [2.45, 2.75) is 32.6 Å². The maximum Gasteiger partial charge on any atom is 0.401 e. The second-order valence-electron chi connectivity index (χ2n) is 7.27. The molecule has 0 bridgehead atoms. The van der Waals surface area contributed by atoms with E-state index in [-0.39, 0.29) is 5.92 Å². The molecular formula is C19H23Cl2F3N4. The van der Waals surface area contributed by atoms with Crippen LogP contribution >= 0.6 is 23.2 Å². The van der Waals surface area contributed by atoms with Gasteiger partial charge in [0.25, 0.3) is 0 Å². The van der Waals surface area contributed by atoms with Gasteiger partial charge in [0.15, 0.2) is 0 Å². The third-order valence-corrected chi connectivity index (χ3v) is 5.61. The lowest BCUT2D eigenvalue weighted by molar-refractivity contribution is -0.143. The van der Waals surface area contributed by atoms with Crippen molar-refractivity contribution in [3.05, 3.63) is 51.3 Å². The average molecular weight is 435 g/mol. The van der Waals surface area contributed by atoms with E-state index in [4.69, 9.17) is 23.2 Å². The Morgan fingerprint density at radius 2 is 1.93 bits per heavy atom. The van der Waals surface area contributed by atoms with Gasteiger partial charge >= 0.3 is 6.18 Å². The highest BCUT2D eigenvalue weighted by Gasteiger charge is 2.34. The summed E-state index contributed by atoms with van der Waals surface area (Å²) in [5, 5.41) is 9.09. The van der Waals surface area contributed by atoms with Crippen LogP contribution < -0.4 is 5.32 Å². The molecular weight excluding hydrogens is 412 g/mol. The zero-order valence-electron chi connectivity index (χ0n) is 15.6. The van der Waals surface area contributed by atoms with Crippen molar-refractivity contribution in [2.75, 3.05) is 26.2 Å². The summed E-state index contributed by atoms with van der Waals surface area (Å²) >= 11 is 12.4. The molecule has 1 aromatic carbocycles. The third kappa shape index (κ3) is 5.86. The zero-order chi connectivity index (χ0) is 20.3. The van der Waals surface area contributed by atoms with Crippen molar-refractivity contribution in [1.82, 2.24) is 20.0 Å². The van der Waals surface area contributed by atoms with Gasteiger partial charge in [-0.3, -0.25) is 4.90 Å². The number of nitrogens with one attached hydrogen (secondary N) is 1. The van der Waals surface area contributed by atoms with E-state index in [0.29, 0.717) is 42.9 Å². The van der Waals surface area contributed by atoms with Gasteiger partial charge in [-0.15, -0.1) is 0 Å². The number of likely N-dealkylation sites (tertiary alicyclic amines) is 1. The summed E-state index contributed by atoms with van der Waals surface area (Å²) < 4.78 is 39.2. The molecule has 1 fully saturated rings. The van der Waals surface area contributed by atoms with Crippen molar-refractivity contribution in [3.63, 3.8) is 0 Å². The maximum atomic E-state index is 12.5.